The summed E-state index contributed by atoms with van der Waals surface area (Å²) in [4.78, 5) is 25.3. The first kappa shape index (κ1) is 18.2. The molecule has 1 saturated carbocycles. The summed E-state index contributed by atoms with van der Waals surface area (Å²) in [5, 5.41) is 15.4. The number of hydrogen-bond donors (Lipinski definition) is 2. The van der Waals surface area contributed by atoms with E-state index in [0.29, 0.717) is 27.5 Å². The number of nitrogens with zero attached hydrogens (tertiary/aromatic N) is 2. The first-order valence-corrected chi connectivity index (χ1v) is 10.1. The van der Waals surface area contributed by atoms with E-state index in [0.717, 1.165) is 17.8 Å². The highest BCUT2D eigenvalue weighted by molar-refractivity contribution is 7.15. The van der Waals surface area contributed by atoms with Gasteiger partial charge in [0.05, 0.1) is 5.69 Å². The standard InChI is InChI=1S/C18H19ClN4O3S/c1-18(15(24)20-12-9-11(19)7-8-13(12)26-18)16(25)21-17-23-22-14(27-17)10-5-3-2-4-6-10/h7-10H,2-6H2,1H3,(H,20,24)(H,21,23,25). The number of halogens is 1. The minimum Gasteiger partial charge on any atom is -0.466 e. The normalized spacial score (nSPS) is 22.5. The number of anilines is 2. The molecule has 4 rings (SSSR count). The molecular formula is C18H19ClN4O3S. The van der Waals surface area contributed by atoms with E-state index in [-0.39, 0.29) is 0 Å². The molecule has 2 aliphatic rings. The van der Waals surface area contributed by atoms with Crippen LogP contribution in [0.2, 0.25) is 5.02 Å². The molecule has 2 amide bonds. The lowest BCUT2D eigenvalue weighted by Crippen LogP contribution is -2.56. The van der Waals surface area contributed by atoms with E-state index < -0.39 is 17.4 Å². The van der Waals surface area contributed by atoms with Crippen LogP contribution in [0.3, 0.4) is 0 Å². The Balaban J connectivity index is 1.50. The van der Waals surface area contributed by atoms with Gasteiger partial charge in [-0.3, -0.25) is 14.9 Å². The summed E-state index contributed by atoms with van der Waals surface area (Å²) in [5.41, 5.74) is -1.27. The summed E-state index contributed by atoms with van der Waals surface area (Å²) in [7, 11) is 0. The maximum Gasteiger partial charge on any atom is 0.280 e. The van der Waals surface area contributed by atoms with Crippen LogP contribution in [0.1, 0.15) is 50.0 Å². The van der Waals surface area contributed by atoms with Crippen LogP contribution in [-0.2, 0) is 9.59 Å². The Hall–Kier alpha value is -2.19. The third-order valence-electron chi connectivity index (χ3n) is 4.99. The lowest BCUT2D eigenvalue weighted by molar-refractivity contribution is -0.143. The van der Waals surface area contributed by atoms with Crippen molar-refractivity contribution in [3.63, 3.8) is 0 Å². The van der Waals surface area contributed by atoms with Crippen LogP contribution in [0.15, 0.2) is 18.2 Å². The average Bonchev–Trinajstić information content (AvgIpc) is 3.12. The van der Waals surface area contributed by atoms with Gasteiger partial charge in [-0.2, -0.15) is 0 Å². The molecule has 2 heterocycles. The molecule has 1 unspecified atom stereocenters. The number of fused-ring (bicyclic) bond motifs is 1. The number of carbonyl (C=O) groups excluding carboxylic acids is 2. The van der Waals surface area contributed by atoms with Crippen LogP contribution in [0.25, 0.3) is 0 Å². The predicted molar refractivity (Wildman–Crippen MR) is 103 cm³/mol. The number of rotatable bonds is 3. The highest BCUT2D eigenvalue weighted by atomic mass is 35.5. The molecule has 1 fully saturated rings. The van der Waals surface area contributed by atoms with Gasteiger partial charge >= 0.3 is 0 Å². The quantitative estimate of drug-likeness (QED) is 0.752. The second-order valence-electron chi connectivity index (χ2n) is 6.96. The highest BCUT2D eigenvalue weighted by Gasteiger charge is 2.47. The van der Waals surface area contributed by atoms with Gasteiger partial charge in [-0.1, -0.05) is 42.2 Å². The molecule has 1 aromatic heterocycles. The first-order valence-electron chi connectivity index (χ1n) is 8.90. The number of nitrogens with one attached hydrogen (secondary N) is 2. The number of carbonyl (C=O) groups is 2. The zero-order chi connectivity index (χ0) is 19.0. The van der Waals surface area contributed by atoms with Crippen LogP contribution in [0.4, 0.5) is 10.8 Å². The van der Waals surface area contributed by atoms with Gasteiger partial charge in [-0.15, -0.1) is 10.2 Å². The summed E-state index contributed by atoms with van der Waals surface area (Å²) in [6.45, 7) is 1.43. The monoisotopic (exact) mass is 406 g/mol. The largest absolute Gasteiger partial charge is 0.466 e. The fourth-order valence-electron chi connectivity index (χ4n) is 3.36. The van der Waals surface area contributed by atoms with Crippen molar-refractivity contribution in [1.82, 2.24) is 10.2 Å². The molecule has 0 saturated heterocycles. The lowest BCUT2D eigenvalue weighted by atomic mass is 9.90. The van der Waals surface area contributed by atoms with Gasteiger partial charge in [-0.25, -0.2) is 0 Å². The molecule has 2 aromatic rings. The lowest BCUT2D eigenvalue weighted by Gasteiger charge is -2.32. The molecule has 1 aliphatic heterocycles. The molecule has 27 heavy (non-hydrogen) atoms. The van der Waals surface area contributed by atoms with Crippen LogP contribution in [-0.4, -0.2) is 27.6 Å². The Kier molecular flexibility index (Phi) is 4.77. The zero-order valence-corrected chi connectivity index (χ0v) is 16.3. The molecule has 9 heteroatoms. The van der Waals surface area contributed by atoms with Crippen LogP contribution < -0.4 is 15.4 Å². The first-order chi connectivity index (χ1) is 13.0. The van der Waals surface area contributed by atoms with Crippen LogP contribution in [0.5, 0.6) is 5.75 Å². The fraction of sp³-hybridized carbons (Fsp3) is 0.444. The van der Waals surface area contributed by atoms with Crippen LogP contribution >= 0.6 is 22.9 Å². The van der Waals surface area contributed by atoms with Gasteiger partial charge in [-0.05, 0) is 38.0 Å². The molecule has 142 valence electrons. The average molecular weight is 407 g/mol. The fourth-order valence-corrected chi connectivity index (χ4v) is 4.44. The van der Waals surface area contributed by atoms with Crippen molar-refractivity contribution < 1.29 is 14.3 Å². The maximum absolute atomic E-state index is 12.8. The van der Waals surface area contributed by atoms with Crippen molar-refractivity contribution >= 4 is 45.6 Å². The Labute approximate surface area is 165 Å². The molecule has 1 aliphatic carbocycles. The molecule has 1 aromatic carbocycles. The van der Waals surface area contributed by atoms with E-state index in [1.54, 1.807) is 18.2 Å². The molecule has 7 nitrogen and oxygen atoms in total. The molecular weight excluding hydrogens is 388 g/mol. The summed E-state index contributed by atoms with van der Waals surface area (Å²) in [6, 6.07) is 4.83. The minimum atomic E-state index is -1.71. The number of hydrogen-bond acceptors (Lipinski definition) is 6. The molecule has 0 spiro atoms. The zero-order valence-electron chi connectivity index (χ0n) is 14.8. The van der Waals surface area contributed by atoms with E-state index in [2.05, 4.69) is 20.8 Å². The van der Waals surface area contributed by atoms with Gasteiger partial charge in [0.1, 0.15) is 10.8 Å². The Morgan fingerprint density at radius 1 is 1.33 bits per heavy atom. The minimum absolute atomic E-state index is 0.375. The Bertz CT molecular complexity index is 896. The number of aromatic nitrogens is 2. The summed E-state index contributed by atoms with van der Waals surface area (Å²) < 4.78 is 5.72. The van der Waals surface area contributed by atoms with Gasteiger partial charge in [0.25, 0.3) is 17.4 Å². The third kappa shape index (κ3) is 3.51. The molecule has 2 N–H and O–H groups in total. The van der Waals surface area contributed by atoms with Crippen molar-refractivity contribution in [3.8, 4) is 5.75 Å². The van der Waals surface area contributed by atoms with Crippen LogP contribution in [0, 0.1) is 0 Å². The number of ether oxygens (including phenoxy) is 1. The topological polar surface area (TPSA) is 93.2 Å². The SMILES string of the molecule is CC1(C(=O)Nc2nnc(C3CCCCC3)s2)Oc2ccc(Cl)cc2NC1=O. The van der Waals surface area contributed by atoms with Crippen molar-refractivity contribution in [2.24, 2.45) is 0 Å². The second kappa shape index (κ2) is 7.09. The van der Waals surface area contributed by atoms with Gasteiger partial charge in [0.15, 0.2) is 0 Å². The summed E-state index contributed by atoms with van der Waals surface area (Å²) in [5.74, 6) is -0.362. The van der Waals surface area contributed by atoms with E-state index >= 15 is 0 Å². The molecule has 1 atom stereocenters. The maximum atomic E-state index is 12.8. The number of amides is 2. The number of benzene rings is 1. The third-order valence-corrected chi connectivity index (χ3v) is 6.22. The van der Waals surface area contributed by atoms with Crippen molar-refractivity contribution in [3.05, 3.63) is 28.2 Å². The van der Waals surface area contributed by atoms with E-state index in [9.17, 15) is 9.59 Å². The van der Waals surface area contributed by atoms with Gasteiger partial charge < -0.3 is 10.1 Å². The van der Waals surface area contributed by atoms with Gasteiger partial charge in [0, 0.05) is 10.9 Å². The van der Waals surface area contributed by atoms with E-state index in [4.69, 9.17) is 16.3 Å². The Morgan fingerprint density at radius 3 is 2.89 bits per heavy atom. The summed E-state index contributed by atoms with van der Waals surface area (Å²) in [6.07, 6.45) is 5.86. The van der Waals surface area contributed by atoms with E-state index in [1.807, 2.05) is 0 Å². The summed E-state index contributed by atoms with van der Waals surface area (Å²) >= 11 is 7.29. The second-order valence-corrected chi connectivity index (χ2v) is 8.41. The smallest absolute Gasteiger partial charge is 0.280 e. The van der Waals surface area contributed by atoms with Gasteiger partial charge in [0.2, 0.25) is 5.13 Å². The van der Waals surface area contributed by atoms with Crippen molar-refractivity contribution in [2.45, 2.75) is 50.5 Å². The van der Waals surface area contributed by atoms with Crippen molar-refractivity contribution in [1.29, 1.82) is 0 Å². The molecule has 0 bridgehead atoms. The van der Waals surface area contributed by atoms with E-state index in [1.165, 1.54) is 37.5 Å². The predicted octanol–water partition coefficient (Wildman–Crippen LogP) is 3.97. The highest BCUT2D eigenvalue weighted by Crippen LogP contribution is 2.37. The Morgan fingerprint density at radius 2 is 2.11 bits per heavy atom. The molecule has 0 radical (unpaired) electrons. The van der Waals surface area contributed by atoms with Crippen molar-refractivity contribution in [2.75, 3.05) is 10.6 Å².